The molecule has 1 aromatic carbocycles. The standard InChI is InChI=1S/C15H22N4/c1-4-8-19-15(14(16)12(3)18-19)17-10-13-7-5-6-11(2)9-13/h5-7,9,17H,4,8,10,16H2,1-3H3. The van der Waals surface area contributed by atoms with E-state index >= 15 is 0 Å². The van der Waals surface area contributed by atoms with Crippen LogP contribution in [0.5, 0.6) is 0 Å². The summed E-state index contributed by atoms with van der Waals surface area (Å²) in [6, 6.07) is 8.47. The zero-order valence-electron chi connectivity index (χ0n) is 11.9. The molecular weight excluding hydrogens is 236 g/mol. The van der Waals surface area contributed by atoms with E-state index in [0.717, 1.165) is 36.7 Å². The third-order valence-electron chi connectivity index (χ3n) is 3.15. The van der Waals surface area contributed by atoms with Crippen LogP contribution < -0.4 is 11.1 Å². The van der Waals surface area contributed by atoms with Gasteiger partial charge in [0.05, 0.1) is 11.4 Å². The van der Waals surface area contributed by atoms with Gasteiger partial charge in [0.2, 0.25) is 0 Å². The lowest BCUT2D eigenvalue weighted by atomic mass is 10.1. The van der Waals surface area contributed by atoms with Crippen LogP contribution in [0.3, 0.4) is 0 Å². The van der Waals surface area contributed by atoms with Gasteiger partial charge in [-0.1, -0.05) is 36.8 Å². The minimum atomic E-state index is 0.751. The number of rotatable bonds is 5. The maximum atomic E-state index is 6.08. The third kappa shape index (κ3) is 3.08. The van der Waals surface area contributed by atoms with Crippen molar-refractivity contribution in [1.29, 1.82) is 0 Å². The Morgan fingerprint density at radius 3 is 2.79 bits per heavy atom. The molecule has 0 atom stereocenters. The molecule has 4 heteroatoms. The van der Waals surface area contributed by atoms with Gasteiger partial charge in [-0.25, -0.2) is 4.68 Å². The van der Waals surface area contributed by atoms with Gasteiger partial charge >= 0.3 is 0 Å². The fourth-order valence-corrected chi connectivity index (χ4v) is 2.16. The van der Waals surface area contributed by atoms with Crippen LogP contribution in [-0.4, -0.2) is 9.78 Å². The van der Waals surface area contributed by atoms with E-state index in [1.807, 2.05) is 11.6 Å². The van der Waals surface area contributed by atoms with Gasteiger partial charge in [0.25, 0.3) is 0 Å². The average molecular weight is 258 g/mol. The first kappa shape index (κ1) is 13.5. The monoisotopic (exact) mass is 258 g/mol. The number of nitrogens with zero attached hydrogens (tertiary/aromatic N) is 2. The number of hydrogen-bond acceptors (Lipinski definition) is 3. The molecule has 0 bridgehead atoms. The molecule has 0 aliphatic heterocycles. The molecule has 2 rings (SSSR count). The van der Waals surface area contributed by atoms with E-state index in [1.165, 1.54) is 11.1 Å². The lowest BCUT2D eigenvalue weighted by Crippen LogP contribution is -2.09. The number of anilines is 2. The van der Waals surface area contributed by atoms with Crippen LogP contribution in [-0.2, 0) is 13.1 Å². The summed E-state index contributed by atoms with van der Waals surface area (Å²) >= 11 is 0. The summed E-state index contributed by atoms with van der Waals surface area (Å²) in [4.78, 5) is 0. The second-order valence-electron chi connectivity index (χ2n) is 4.91. The number of nitrogens with one attached hydrogen (secondary N) is 1. The van der Waals surface area contributed by atoms with Crippen molar-refractivity contribution in [2.75, 3.05) is 11.1 Å². The van der Waals surface area contributed by atoms with Gasteiger partial charge in [0.15, 0.2) is 0 Å². The molecule has 0 amide bonds. The van der Waals surface area contributed by atoms with Crippen LogP contribution in [0.15, 0.2) is 24.3 Å². The highest BCUT2D eigenvalue weighted by Gasteiger charge is 2.11. The van der Waals surface area contributed by atoms with E-state index in [9.17, 15) is 0 Å². The summed E-state index contributed by atoms with van der Waals surface area (Å²) < 4.78 is 1.96. The van der Waals surface area contributed by atoms with Crippen molar-refractivity contribution < 1.29 is 0 Å². The molecule has 102 valence electrons. The largest absolute Gasteiger partial charge is 0.394 e. The van der Waals surface area contributed by atoms with Crippen LogP contribution in [0, 0.1) is 13.8 Å². The van der Waals surface area contributed by atoms with E-state index < -0.39 is 0 Å². The molecule has 0 saturated heterocycles. The highest BCUT2D eigenvalue weighted by atomic mass is 15.3. The van der Waals surface area contributed by atoms with Crippen LogP contribution >= 0.6 is 0 Å². The van der Waals surface area contributed by atoms with Crippen LogP contribution in [0.1, 0.15) is 30.2 Å². The quantitative estimate of drug-likeness (QED) is 0.866. The van der Waals surface area contributed by atoms with Gasteiger partial charge < -0.3 is 11.1 Å². The molecule has 3 N–H and O–H groups in total. The van der Waals surface area contributed by atoms with E-state index in [-0.39, 0.29) is 0 Å². The Bertz CT molecular complexity index is 557. The highest BCUT2D eigenvalue weighted by molar-refractivity contribution is 5.64. The fraction of sp³-hybridized carbons (Fsp3) is 0.400. The summed E-state index contributed by atoms with van der Waals surface area (Å²) in [5, 5.41) is 7.87. The van der Waals surface area contributed by atoms with Gasteiger partial charge in [0, 0.05) is 13.1 Å². The van der Waals surface area contributed by atoms with Gasteiger partial charge in [-0.15, -0.1) is 0 Å². The maximum Gasteiger partial charge on any atom is 0.148 e. The molecule has 0 aliphatic rings. The number of aryl methyl sites for hydroxylation is 3. The maximum absolute atomic E-state index is 6.08. The summed E-state index contributed by atoms with van der Waals surface area (Å²) in [7, 11) is 0. The Morgan fingerprint density at radius 1 is 1.32 bits per heavy atom. The minimum absolute atomic E-state index is 0.751. The van der Waals surface area contributed by atoms with E-state index in [4.69, 9.17) is 5.73 Å². The van der Waals surface area contributed by atoms with Crippen molar-refractivity contribution in [3.05, 3.63) is 41.1 Å². The van der Waals surface area contributed by atoms with E-state index in [2.05, 4.69) is 48.5 Å². The molecule has 0 spiro atoms. The highest BCUT2D eigenvalue weighted by Crippen LogP contribution is 2.23. The average Bonchev–Trinajstić information content (AvgIpc) is 2.63. The smallest absolute Gasteiger partial charge is 0.148 e. The Morgan fingerprint density at radius 2 is 2.11 bits per heavy atom. The first-order valence-electron chi connectivity index (χ1n) is 6.74. The van der Waals surface area contributed by atoms with Gasteiger partial charge in [-0.05, 0) is 25.8 Å². The SMILES string of the molecule is CCCn1nc(C)c(N)c1NCc1cccc(C)c1. The fourth-order valence-electron chi connectivity index (χ4n) is 2.16. The molecule has 0 unspecified atom stereocenters. The zero-order chi connectivity index (χ0) is 13.8. The molecule has 4 nitrogen and oxygen atoms in total. The molecule has 0 fully saturated rings. The number of hydrogen-bond donors (Lipinski definition) is 2. The molecule has 1 aromatic heterocycles. The van der Waals surface area contributed by atoms with Gasteiger partial charge in [0.1, 0.15) is 5.82 Å². The van der Waals surface area contributed by atoms with Crippen molar-refractivity contribution in [2.24, 2.45) is 0 Å². The second-order valence-corrected chi connectivity index (χ2v) is 4.91. The van der Waals surface area contributed by atoms with Crippen molar-refractivity contribution >= 4 is 11.5 Å². The van der Waals surface area contributed by atoms with E-state index in [1.54, 1.807) is 0 Å². The molecular formula is C15H22N4. The second kappa shape index (κ2) is 5.78. The third-order valence-corrected chi connectivity index (χ3v) is 3.15. The van der Waals surface area contributed by atoms with Crippen molar-refractivity contribution in [3.63, 3.8) is 0 Å². The number of nitrogen functional groups attached to an aromatic ring is 1. The summed E-state index contributed by atoms with van der Waals surface area (Å²) in [6.07, 6.45) is 1.04. The topological polar surface area (TPSA) is 55.9 Å². The van der Waals surface area contributed by atoms with Gasteiger partial charge in [-0.2, -0.15) is 5.10 Å². The Kier molecular flexibility index (Phi) is 4.10. The predicted molar refractivity (Wildman–Crippen MR) is 80.2 cm³/mol. The van der Waals surface area contributed by atoms with Crippen LogP contribution in [0.4, 0.5) is 11.5 Å². The Balaban J connectivity index is 2.14. The number of benzene rings is 1. The Hall–Kier alpha value is -1.97. The minimum Gasteiger partial charge on any atom is -0.394 e. The van der Waals surface area contributed by atoms with Gasteiger partial charge in [-0.3, -0.25) is 0 Å². The normalized spacial score (nSPS) is 10.7. The predicted octanol–water partition coefficient (Wildman–Crippen LogP) is 3.10. The van der Waals surface area contributed by atoms with Crippen molar-refractivity contribution in [2.45, 2.75) is 40.3 Å². The van der Waals surface area contributed by atoms with Crippen molar-refractivity contribution in [3.8, 4) is 0 Å². The van der Waals surface area contributed by atoms with Crippen LogP contribution in [0.25, 0.3) is 0 Å². The van der Waals surface area contributed by atoms with Crippen LogP contribution in [0.2, 0.25) is 0 Å². The molecule has 1 heterocycles. The Labute approximate surface area is 114 Å². The zero-order valence-corrected chi connectivity index (χ0v) is 11.9. The first-order valence-corrected chi connectivity index (χ1v) is 6.74. The molecule has 0 radical (unpaired) electrons. The first-order chi connectivity index (χ1) is 9.11. The van der Waals surface area contributed by atoms with E-state index in [0.29, 0.717) is 0 Å². The van der Waals surface area contributed by atoms with Crippen molar-refractivity contribution in [1.82, 2.24) is 9.78 Å². The number of aromatic nitrogens is 2. The summed E-state index contributed by atoms with van der Waals surface area (Å²) in [5.74, 6) is 0.931. The molecule has 0 aliphatic carbocycles. The lowest BCUT2D eigenvalue weighted by Gasteiger charge is -2.10. The number of nitrogens with two attached hydrogens (primary N) is 1. The molecule has 19 heavy (non-hydrogen) atoms. The summed E-state index contributed by atoms with van der Waals surface area (Å²) in [6.45, 7) is 7.83. The lowest BCUT2D eigenvalue weighted by molar-refractivity contribution is 0.603. The molecule has 2 aromatic rings. The molecule has 0 saturated carbocycles. The summed E-state index contributed by atoms with van der Waals surface area (Å²) in [5.41, 5.74) is 10.2.